The van der Waals surface area contributed by atoms with Crippen LogP contribution in [0.2, 0.25) is 0 Å². The minimum atomic E-state index is -0.741. The van der Waals surface area contributed by atoms with Crippen LogP contribution < -0.4 is 11.6 Å². The lowest BCUT2D eigenvalue weighted by atomic mass is 10.4. The van der Waals surface area contributed by atoms with Crippen LogP contribution in [-0.2, 0) is 0 Å². The second-order valence-corrected chi connectivity index (χ2v) is 1.96. The number of anilines is 1. The SMILES string of the molecule is CC(O)c1nnc(N)n1N. The van der Waals surface area contributed by atoms with Gasteiger partial charge in [-0.1, -0.05) is 0 Å². The van der Waals surface area contributed by atoms with Crippen LogP contribution in [0.15, 0.2) is 0 Å². The maximum Gasteiger partial charge on any atom is 0.240 e. The minimum Gasteiger partial charge on any atom is -0.385 e. The molecule has 0 radical (unpaired) electrons. The van der Waals surface area contributed by atoms with Crippen LogP contribution in [-0.4, -0.2) is 20.0 Å². The van der Waals surface area contributed by atoms with E-state index in [2.05, 4.69) is 10.2 Å². The van der Waals surface area contributed by atoms with Crippen molar-refractivity contribution in [3.8, 4) is 0 Å². The van der Waals surface area contributed by atoms with Gasteiger partial charge in [-0.3, -0.25) is 0 Å². The van der Waals surface area contributed by atoms with Crippen LogP contribution in [0.1, 0.15) is 18.9 Å². The fraction of sp³-hybridized carbons (Fsp3) is 0.500. The van der Waals surface area contributed by atoms with Gasteiger partial charge in [-0.2, -0.15) is 0 Å². The molecule has 1 atom stereocenters. The normalized spacial score (nSPS) is 13.4. The molecule has 1 heterocycles. The predicted octanol–water partition coefficient (Wildman–Crippen LogP) is -1.37. The minimum absolute atomic E-state index is 0.0934. The van der Waals surface area contributed by atoms with E-state index in [0.717, 1.165) is 4.68 Å². The van der Waals surface area contributed by atoms with Crippen molar-refractivity contribution in [3.05, 3.63) is 5.82 Å². The van der Waals surface area contributed by atoms with E-state index >= 15 is 0 Å². The van der Waals surface area contributed by atoms with Crippen molar-refractivity contribution in [1.29, 1.82) is 0 Å². The summed E-state index contributed by atoms with van der Waals surface area (Å²) < 4.78 is 1.05. The van der Waals surface area contributed by atoms with E-state index in [9.17, 15) is 0 Å². The van der Waals surface area contributed by atoms with Gasteiger partial charge in [0.05, 0.1) is 0 Å². The first-order valence-electron chi connectivity index (χ1n) is 2.77. The molecule has 1 rings (SSSR count). The fourth-order valence-electron chi connectivity index (χ4n) is 0.601. The van der Waals surface area contributed by atoms with Crippen molar-refractivity contribution >= 4 is 5.95 Å². The maximum atomic E-state index is 8.96. The molecule has 10 heavy (non-hydrogen) atoms. The number of nitrogen functional groups attached to an aromatic ring is 2. The van der Waals surface area contributed by atoms with Crippen molar-refractivity contribution < 1.29 is 5.11 Å². The molecule has 56 valence electrons. The standard InChI is InChI=1S/C4H9N5O/c1-2(10)3-7-8-4(5)9(3)6/h2,10H,6H2,1H3,(H2,5,8). The summed E-state index contributed by atoms with van der Waals surface area (Å²) in [6.45, 7) is 1.53. The molecule has 6 heteroatoms. The number of rotatable bonds is 1. The van der Waals surface area contributed by atoms with Crippen LogP contribution in [0.5, 0.6) is 0 Å². The Labute approximate surface area is 57.4 Å². The maximum absolute atomic E-state index is 8.96. The first kappa shape index (κ1) is 6.81. The monoisotopic (exact) mass is 143 g/mol. The summed E-state index contributed by atoms with van der Waals surface area (Å²) in [4.78, 5) is 0. The van der Waals surface area contributed by atoms with Gasteiger partial charge in [0.15, 0.2) is 5.82 Å². The van der Waals surface area contributed by atoms with Crippen LogP contribution in [0, 0.1) is 0 Å². The average Bonchev–Trinajstić information content (AvgIpc) is 2.14. The van der Waals surface area contributed by atoms with Gasteiger partial charge >= 0.3 is 0 Å². The molecule has 1 aromatic rings. The average molecular weight is 143 g/mol. The van der Waals surface area contributed by atoms with Crippen LogP contribution in [0.25, 0.3) is 0 Å². The molecule has 0 amide bonds. The number of nitrogens with zero attached hydrogens (tertiary/aromatic N) is 3. The van der Waals surface area contributed by atoms with Crippen LogP contribution in [0.4, 0.5) is 5.95 Å². The lowest BCUT2D eigenvalue weighted by Gasteiger charge is -2.01. The first-order valence-corrected chi connectivity index (χ1v) is 2.77. The van der Waals surface area contributed by atoms with Gasteiger partial charge < -0.3 is 16.7 Å². The van der Waals surface area contributed by atoms with Gasteiger partial charge in [-0.25, -0.2) is 4.68 Å². The van der Waals surface area contributed by atoms with E-state index in [4.69, 9.17) is 16.7 Å². The molecule has 5 N–H and O–H groups in total. The third kappa shape index (κ3) is 0.883. The Hall–Kier alpha value is -1.30. The molecule has 0 bridgehead atoms. The van der Waals surface area contributed by atoms with Gasteiger partial charge in [-0.15, -0.1) is 10.2 Å². The zero-order chi connectivity index (χ0) is 7.72. The van der Waals surface area contributed by atoms with E-state index in [1.54, 1.807) is 0 Å². The van der Waals surface area contributed by atoms with E-state index in [1.165, 1.54) is 6.92 Å². The third-order valence-corrected chi connectivity index (χ3v) is 1.12. The summed E-state index contributed by atoms with van der Waals surface area (Å²) in [5, 5.41) is 15.9. The van der Waals surface area contributed by atoms with Crippen molar-refractivity contribution in [2.75, 3.05) is 11.6 Å². The zero-order valence-electron chi connectivity index (χ0n) is 5.52. The summed E-state index contributed by atoms with van der Waals surface area (Å²) in [6.07, 6.45) is -0.741. The molecule has 0 aliphatic heterocycles. The molecule has 1 unspecified atom stereocenters. The lowest BCUT2D eigenvalue weighted by Crippen LogP contribution is -2.16. The third-order valence-electron chi connectivity index (χ3n) is 1.12. The highest BCUT2D eigenvalue weighted by atomic mass is 16.3. The summed E-state index contributed by atoms with van der Waals surface area (Å²) in [5.41, 5.74) is 5.23. The Morgan fingerprint density at radius 1 is 1.60 bits per heavy atom. The second-order valence-electron chi connectivity index (χ2n) is 1.96. The first-order chi connectivity index (χ1) is 4.63. The van der Waals surface area contributed by atoms with Crippen molar-refractivity contribution in [2.24, 2.45) is 0 Å². The van der Waals surface area contributed by atoms with E-state index in [1.807, 2.05) is 0 Å². The summed E-state index contributed by atoms with van der Waals surface area (Å²) in [7, 11) is 0. The van der Waals surface area contributed by atoms with E-state index < -0.39 is 6.10 Å². The number of aromatic nitrogens is 3. The molecule has 0 aromatic carbocycles. The Bertz CT molecular complexity index is 230. The van der Waals surface area contributed by atoms with Crippen molar-refractivity contribution in [3.63, 3.8) is 0 Å². The molecular formula is C4H9N5O. The lowest BCUT2D eigenvalue weighted by molar-refractivity contribution is 0.186. The largest absolute Gasteiger partial charge is 0.385 e. The van der Waals surface area contributed by atoms with Gasteiger partial charge in [0, 0.05) is 0 Å². The molecule has 0 saturated carbocycles. The highest BCUT2D eigenvalue weighted by Crippen LogP contribution is 2.07. The highest BCUT2D eigenvalue weighted by Gasteiger charge is 2.10. The number of nitrogens with two attached hydrogens (primary N) is 2. The number of aliphatic hydroxyl groups excluding tert-OH is 1. The Morgan fingerprint density at radius 3 is 2.40 bits per heavy atom. The molecule has 1 aromatic heterocycles. The highest BCUT2D eigenvalue weighted by molar-refractivity contribution is 5.17. The van der Waals surface area contributed by atoms with Crippen molar-refractivity contribution in [2.45, 2.75) is 13.0 Å². The summed E-state index contributed by atoms with van der Waals surface area (Å²) in [5.74, 6) is 5.67. The predicted molar refractivity (Wildman–Crippen MR) is 35.2 cm³/mol. The molecular weight excluding hydrogens is 134 g/mol. The van der Waals surface area contributed by atoms with E-state index in [-0.39, 0.29) is 11.8 Å². The Morgan fingerprint density at radius 2 is 2.20 bits per heavy atom. The Kier molecular flexibility index (Phi) is 1.46. The number of aliphatic hydroxyl groups is 1. The zero-order valence-corrected chi connectivity index (χ0v) is 5.52. The second kappa shape index (κ2) is 2.14. The van der Waals surface area contributed by atoms with Gasteiger partial charge in [0.2, 0.25) is 5.95 Å². The number of hydrogen-bond acceptors (Lipinski definition) is 5. The van der Waals surface area contributed by atoms with Gasteiger partial charge in [0.1, 0.15) is 6.10 Å². The Balaban J connectivity index is 3.05. The van der Waals surface area contributed by atoms with E-state index in [0.29, 0.717) is 0 Å². The smallest absolute Gasteiger partial charge is 0.240 e. The molecule has 6 nitrogen and oxygen atoms in total. The number of hydrogen-bond donors (Lipinski definition) is 3. The summed E-state index contributed by atoms with van der Waals surface area (Å²) >= 11 is 0. The van der Waals surface area contributed by atoms with Gasteiger partial charge in [0.25, 0.3) is 0 Å². The topological polar surface area (TPSA) is 103 Å². The van der Waals surface area contributed by atoms with Crippen molar-refractivity contribution in [1.82, 2.24) is 14.9 Å². The molecule has 0 spiro atoms. The fourth-order valence-corrected chi connectivity index (χ4v) is 0.601. The quantitative estimate of drug-likeness (QED) is 0.421. The van der Waals surface area contributed by atoms with Crippen LogP contribution >= 0.6 is 0 Å². The summed E-state index contributed by atoms with van der Waals surface area (Å²) in [6, 6.07) is 0. The molecule has 0 aliphatic carbocycles. The molecule has 0 saturated heterocycles. The van der Waals surface area contributed by atoms with Crippen LogP contribution in [0.3, 0.4) is 0 Å². The molecule has 0 aliphatic rings. The van der Waals surface area contributed by atoms with Gasteiger partial charge in [-0.05, 0) is 6.92 Å². The molecule has 0 fully saturated rings.